The van der Waals surface area contributed by atoms with E-state index in [2.05, 4.69) is 24.3 Å². The summed E-state index contributed by atoms with van der Waals surface area (Å²) in [6, 6.07) is 9.37. The summed E-state index contributed by atoms with van der Waals surface area (Å²) in [6.45, 7) is 0. The predicted molar refractivity (Wildman–Crippen MR) is 83.9 cm³/mol. The Morgan fingerprint density at radius 2 is 1.65 bits per heavy atom. The standard InChI is InChI=1S/C19H28O/c20-19-11-9-15(10-12-19)13-16-5-4-8-18(14-16)17-6-2-1-3-7-17/h4-5,8,14-15,17,19-20H,1-3,6-7,9-13H2. The highest BCUT2D eigenvalue weighted by Crippen LogP contribution is 2.34. The van der Waals surface area contributed by atoms with Crippen LogP contribution >= 0.6 is 0 Å². The molecule has 20 heavy (non-hydrogen) atoms. The Bertz CT molecular complexity index is 412. The van der Waals surface area contributed by atoms with Crippen LogP contribution in [-0.4, -0.2) is 11.2 Å². The zero-order valence-corrected chi connectivity index (χ0v) is 12.6. The molecule has 0 atom stereocenters. The molecule has 0 heterocycles. The summed E-state index contributed by atoms with van der Waals surface area (Å²) in [4.78, 5) is 0. The first-order valence-corrected chi connectivity index (χ1v) is 8.58. The molecule has 1 N–H and O–H groups in total. The molecule has 2 aliphatic carbocycles. The van der Waals surface area contributed by atoms with Gasteiger partial charge in [0.2, 0.25) is 0 Å². The molecule has 1 heteroatoms. The number of benzene rings is 1. The smallest absolute Gasteiger partial charge is 0.0540 e. The van der Waals surface area contributed by atoms with Gasteiger partial charge in [0.1, 0.15) is 0 Å². The lowest BCUT2D eigenvalue weighted by Crippen LogP contribution is -2.19. The summed E-state index contributed by atoms with van der Waals surface area (Å²) in [7, 11) is 0. The minimum absolute atomic E-state index is 0.0279. The SMILES string of the molecule is OC1CCC(Cc2cccc(C3CCCCC3)c2)CC1. The van der Waals surface area contributed by atoms with Crippen molar-refractivity contribution in [1.82, 2.24) is 0 Å². The fourth-order valence-electron chi connectivity index (χ4n) is 4.09. The largest absolute Gasteiger partial charge is 0.393 e. The van der Waals surface area contributed by atoms with E-state index in [1.54, 1.807) is 5.56 Å². The average Bonchev–Trinajstić information content (AvgIpc) is 2.51. The van der Waals surface area contributed by atoms with Gasteiger partial charge in [0.15, 0.2) is 0 Å². The van der Waals surface area contributed by atoms with Crippen LogP contribution in [0, 0.1) is 5.92 Å². The maximum absolute atomic E-state index is 9.61. The third-order valence-corrected chi connectivity index (χ3v) is 5.37. The van der Waals surface area contributed by atoms with Gasteiger partial charge in [0.05, 0.1) is 6.10 Å². The zero-order chi connectivity index (χ0) is 13.8. The number of aliphatic hydroxyl groups excluding tert-OH is 1. The third-order valence-electron chi connectivity index (χ3n) is 5.37. The van der Waals surface area contributed by atoms with E-state index < -0.39 is 0 Å². The van der Waals surface area contributed by atoms with Gasteiger partial charge >= 0.3 is 0 Å². The highest BCUT2D eigenvalue weighted by molar-refractivity contribution is 5.27. The fraction of sp³-hybridized carbons (Fsp3) is 0.684. The van der Waals surface area contributed by atoms with Gasteiger partial charge in [-0.2, -0.15) is 0 Å². The molecule has 0 aliphatic heterocycles. The van der Waals surface area contributed by atoms with E-state index in [0.29, 0.717) is 0 Å². The quantitative estimate of drug-likeness (QED) is 0.835. The van der Waals surface area contributed by atoms with Crippen molar-refractivity contribution < 1.29 is 5.11 Å². The van der Waals surface area contributed by atoms with Crippen molar-refractivity contribution in [3.05, 3.63) is 35.4 Å². The van der Waals surface area contributed by atoms with Crippen LogP contribution in [0.5, 0.6) is 0 Å². The number of aliphatic hydroxyl groups is 1. The Morgan fingerprint density at radius 3 is 2.40 bits per heavy atom. The minimum Gasteiger partial charge on any atom is -0.393 e. The van der Waals surface area contributed by atoms with Crippen LogP contribution < -0.4 is 0 Å². The molecule has 0 saturated heterocycles. The van der Waals surface area contributed by atoms with Crippen molar-refractivity contribution in [3.63, 3.8) is 0 Å². The van der Waals surface area contributed by atoms with Crippen LogP contribution in [0.3, 0.4) is 0 Å². The monoisotopic (exact) mass is 272 g/mol. The highest BCUT2D eigenvalue weighted by atomic mass is 16.3. The molecule has 1 nitrogen and oxygen atoms in total. The lowest BCUT2D eigenvalue weighted by atomic mass is 9.81. The van der Waals surface area contributed by atoms with Crippen molar-refractivity contribution in [2.45, 2.75) is 76.2 Å². The Labute approximate surface area is 123 Å². The van der Waals surface area contributed by atoms with E-state index in [-0.39, 0.29) is 6.10 Å². The van der Waals surface area contributed by atoms with Crippen LogP contribution in [0.2, 0.25) is 0 Å². The second-order valence-corrected chi connectivity index (χ2v) is 6.96. The first-order valence-electron chi connectivity index (χ1n) is 8.58. The molecule has 0 unspecified atom stereocenters. The molecule has 0 radical (unpaired) electrons. The van der Waals surface area contributed by atoms with E-state index in [1.807, 2.05) is 0 Å². The lowest BCUT2D eigenvalue weighted by Gasteiger charge is -2.26. The number of rotatable bonds is 3. The van der Waals surface area contributed by atoms with E-state index in [9.17, 15) is 5.11 Å². The van der Waals surface area contributed by atoms with Gasteiger partial charge in [-0.05, 0) is 67.9 Å². The van der Waals surface area contributed by atoms with Gasteiger partial charge in [-0.25, -0.2) is 0 Å². The van der Waals surface area contributed by atoms with Crippen LogP contribution in [0.1, 0.15) is 74.8 Å². The Hall–Kier alpha value is -0.820. The van der Waals surface area contributed by atoms with Gasteiger partial charge in [-0.3, -0.25) is 0 Å². The second-order valence-electron chi connectivity index (χ2n) is 6.96. The first-order chi connectivity index (χ1) is 9.81. The molecule has 0 spiro atoms. The van der Waals surface area contributed by atoms with Gasteiger partial charge in [0, 0.05) is 0 Å². The van der Waals surface area contributed by atoms with Crippen LogP contribution in [0.15, 0.2) is 24.3 Å². The summed E-state index contributed by atoms with van der Waals surface area (Å²) in [5, 5.41) is 9.61. The van der Waals surface area contributed by atoms with E-state index in [0.717, 1.165) is 24.7 Å². The summed E-state index contributed by atoms with van der Waals surface area (Å²) < 4.78 is 0. The molecule has 3 rings (SSSR count). The Balaban J connectivity index is 1.62. The van der Waals surface area contributed by atoms with Crippen molar-refractivity contribution >= 4 is 0 Å². The molecule has 110 valence electrons. The van der Waals surface area contributed by atoms with Gasteiger partial charge < -0.3 is 5.11 Å². The average molecular weight is 272 g/mol. The van der Waals surface area contributed by atoms with Crippen molar-refractivity contribution in [3.8, 4) is 0 Å². The van der Waals surface area contributed by atoms with Crippen molar-refractivity contribution in [1.29, 1.82) is 0 Å². The first kappa shape index (κ1) is 14.1. The molecular formula is C19H28O. The topological polar surface area (TPSA) is 20.2 Å². The fourth-order valence-corrected chi connectivity index (χ4v) is 4.09. The third kappa shape index (κ3) is 3.63. The highest BCUT2D eigenvalue weighted by Gasteiger charge is 2.20. The van der Waals surface area contributed by atoms with Crippen LogP contribution in [0.25, 0.3) is 0 Å². The van der Waals surface area contributed by atoms with Crippen molar-refractivity contribution in [2.75, 3.05) is 0 Å². The zero-order valence-electron chi connectivity index (χ0n) is 12.6. The molecule has 2 saturated carbocycles. The predicted octanol–water partition coefficient (Wildman–Crippen LogP) is 4.83. The minimum atomic E-state index is -0.0279. The van der Waals surface area contributed by atoms with E-state index >= 15 is 0 Å². The van der Waals surface area contributed by atoms with Crippen molar-refractivity contribution in [2.24, 2.45) is 5.92 Å². The molecule has 1 aromatic carbocycles. The maximum atomic E-state index is 9.61. The molecular weight excluding hydrogens is 244 g/mol. The Kier molecular flexibility index (Phi) is 4.77. The van der Waals surface area contributed by atoms with E-state index in [4.69, 9.17) is 0 Å². The van der Waals surface area contributed by atoms with Crippen LogP contribution in [0.4, 0.5) is 0 Å². The summed E-state index contributed by atoms with van der Waals surface area (Å²) in [6.07, 6.45) is 12.6. The summed E-state index contributed by atoms with van der Waals surface area (Å²) in [5.41, 5.74) is 3.10. The van der Waals surface area contributed by atoms with Gasteiger partial charge in [-0.15, -0.1) is 0 Å². The number of hydrogen-bond acceptors (Lipinski definition) is 1. The molecule has 0 aromatic heterocycles. The number of hydrogen-bond donors (Lipinski definition) is 1. The normalized spacial score (nSPS) is 28.4. The van der Waals surface area contributed by atoms with Crippen LogP contribution in [-0.2, 0) is 6.42 Å². The summed E-state index contributed by atoms with van der Waals surface area (Å²) >= 11 is 0. The van der Waals surface area contributed by atoms with Gasteiger partial charge in [-0.1, -0.05) is 43.5 Å². The molecule has 0 amide bonds. The molecule has 1 aromatic rings. The second kappa shape index (κ2) is 6.76. The molecule has 0 bridgehead atoms. The lowest BCUT2D eigenvalue weighted by molar-refractivity contribution is 0.109. The molecule has 2 fully saturated rings. The van der Waals surface area contributed by atoms with E-state index in [1.165, 1.54) is 56.9 Å². The summed E-state index contributed by atoms with van der Waals surface area (Å²) in [5.74, 6) is 1.61. The molecule has 2 aliphatic rings. The van der Waals surface area contributed by atoms with Gasteiger partial charge in [0.25, 0.3) is 0 Å². The maximum Gasteiger partial charge on any atom is 0.0540 e. The Morgan fingerprint density at radius 1 is 0.900 bits per heavy atom.